The van der Waals surface area contributed by atoms with Crippen LogP contribution in [0.5, 0.6) is 11.5 Å². The van der Waals surface area contributed by atoms with Crippen LogP contribution < -0.4 is 14.8 Å². The topological polar surface area (TPSA) is 30.5 Å². The van der Waals surface area contributed by atoms with Crippen molar-refractivity contribution in [1.29, 1.82) is 0 Å². The summed E-state index contributed by atoms with van der Waals surface area (Å²) in [6, 6.07) is 17.3. The molecule has 0 heterocycles. The van der Waals surface area contributed by atoms with Crippen LogP contribution in [0.15, 0.2) is 59.1 Å². The van der Waals surface area contributed by atoms with Crippen LogP contribution in [0, 0.1) is 0 Å². The zero-order chi connectivity index (χ0) is 22.2. The van der Waals surface area contributed by atoms with Gasteiger partial charge in [-0.25, -0.2) is 0 Å². The first-order valence-electron chi connectivity index (χ1n) is 9.93. The van der Waals surface area contributed by atoms with Crippen molar-refractivity contribution in [3.05, 3.63) is 90.8 Å². The summed E-state index contributed by atoms with van der Waals surface area (Å²) < 4.78 is 12.7. The lowest BCUT2D eigenvalue weighted by Crippen LogP contribution is -2.17. The monoisotopic (exact) mass is 577 g/mol. The third-order valence-corrected chi connectivity index (χ3v) is 6.02. The largest absolute Gasteiger partial charge is 0.490 e. The molecule has 3 rings (SSSR count). The molecule has 0 aliphatic heterocycles. The molecule has 0 saturated carbocycles. The molecule has 0 spiro atoms. The highest BCUT2D eigenvalue weighted by Gasteiger charge is 2.13. The van der Waals surface area contributed by atoms with Crippen LogP contribution in [-0.2, 0) is 19.6 Å². The summed E-state index contributed by atoms with van der Waals surface area (Å²) in [7, 11) is 0. The minimum atomic E-state index is 0. The van der Waals surface area contributed by atoms with Gasteiger partial charge in [-0.2, -0.15) is 0 Å². The molecule has 0 aromatic heterocycles. The standard InChI is InChI=1S/C24H23BrCl3NO2.ClH/c1-2-30-23-12-17(14-29-10-9-16-3-6-19(26)7-4-16)11-21(25)24(23)31-15-18-5-8-20(27)13-22(18)28;/h3-8,11-13,29H,2,9-10,14-15H2,1H3;1H. The Hall–Kier alpha value is -1.14. The number of rotatable bonds is 10. The van der Waals surface area contributed by atoms with E-state index < -0.39 is 0 Å². The van der Waals surface area contributed by atoms with Crippen molar-refractivity contribution in [2.24, 2.45) is 0 Å². The molecule has 0 amide bonds. The molecule has 32 heavy (non-hydrogen) atoms. The van der Waals surface area contributed by atoms with Gasteiger partial charge in [-0.3, -0.25) is 0 Å². The summed E-state index contributed by atoms with van der Waals surface area (Å²) in [6.07, 6.45) is 0.930. The fourth-order valence-electron chi connectivity index (χ4n) is 3.03. The van der Waals surface area contributed by atoms with Gasteiger partial charge in [-0.05, 0) is 83.3 Å². The molecule has 3 nitrogen and oxygen atoms in total. The number of ether oxygens (including phenoxy) is 2. The van der Waals surface area contributed by atoms with Crippen molar-refractivity contribution < 1.29 is 9.47 Å². The summed E-state index contributed by atoms with van der Waals surface area (Å²) in [5, 5.41) is 5.39. The molecular weight excluding hydrogens is 556 g/mol. The van der Waals surface area contributed by atoms with Gasteiger partial charge in [0.1, 0.15) is 6.61 Å². The Balaban J connectivity index is 0.00000363. The molecule has 8 heteroatoms. The van der Waals surface area contributed by atoms with Crippen molar-refractivity contribution in [2.75, 3.05) is 13.2 Å². The molecule has 0 aliphatic carbocycles. The van der Waals surface area contributed by atoms with Crippen LogP contribution in [0.2, 0.25) is 15.1 Å². The Morgan fingerprint density at radius 1 is 0.875 bits per heavy atom. The van der Waals surface area contributed by atoms with Crippen LogP contribution in [0.1, 0.15) is 23.6 Å². The molecule has 3 aromatic rings. The summed E-state index contributed by atoms with van der Waals surface area (Å²) in [5.74, 6) is 1.34. The van der Waals surface area contributed by atoms with Gasteiger partial charge in [0.05, 0.1) is 11.1 Å². The van der Waals surface area contributed by atoms with Crippen LogP contribution in [0.25, 0.3) is 0 Å². The molecule has 0 bridgehead atoms. The third kappa shape index (κ3) is 8.02. The fraction of sp³-hybridized carbons (Fsp3) is 0.250. The quantitative estimate of drug-likeness (QED) is 0.246. The second kappa shape index (κ2) is 13.5. The summed E-state index contributed by atoms with van der Waals surface area (Å²) >= 11 is 21.8. The van der Waals surface area contributed by atoms with E-state index in [9.17, 15) is 0 Å². The SMILES string of the molecule is CCOc1cc(CNCCc2ccc(Cl)cc2)cc(Br)c1OCc1ccc(Cl)cc1Cl.Cl. The number of hydrogen-bond acceptors (Lipinski definition) is 3. The zero-order valence-corrected chi connectivity index (χ0v) is 22.1. The maximum atomic E-state index is 6.26. The predicted octanol–water partition coefficient (Wildman–Crippen LogP) is 8.14. The Kier molecular flexibility index (Phi) is 11.5. The van der Waals surface area contributed by atoms with Crippen molar-refractivity contribution in [1.82, 2.24) is 5.32 Å². The smallest absolute Gasteiger partial charge is 0.175 e. The molecule has 3 aromatic carbocycles. The van der Waals surface area contributed by atoms with Crippen molar-refractivity contribution in [2.45, 2.75) is 26.5 Å². The first-order chi connectivity index (χ1) is 15.0. The van der Waals surface area contributed by atoms with Crippen LogP contribution >= 0.6 is 63.1 Å². The Labute approximate surface area is 218 Å². The third-order valence-electron chi connectivity index (χ3n) is 4.59. The van der Waals surface area contributed by atoms with E-state index in [-0.39, 0.29) is 12.4 Å². The first-order valence-corrected chi connectivity index (χ1v) is 11.9. The van der Waals surface area contributed by atoms with Gasteiger partial charge in [-0.1, -0.05) is 53.0 Å². The van der Waals surface area contributed by atoms with E-state index in [0.717, 1.165) is 40.1 Å². The van der Waals surface area contributed by atoms with E-state index in [0.29, 0.717) is 34.8 Å². The minimum Gasteiger partial charge on any atom is -0.490 e. The van der Waals surface area contributed by atoms with Gasteiger partial charge >= 0.3 is 0 Å². The lowest BCUT2D eigenvalue weighted by molar-refractivity contribution is 0.267. The average molecular weight is 580 g/mol. The molecular formula is C24H24BrCl4NO2. The lowest BCUT2D eigenvalue weighted by atomic mass is 10.1. The van der Waals surface area contributed by atoms with Crippen molar-refractivity contribution in [3.63, 3.8) is 0 Å². The molecule has 1 N–H and O–H groups in total. The van der Waals surface area contributed by atoms with Crippen LogP contribution in [-0.4, -0.2) is 13.2 Å². The highest BCUT2D eigenvalue weighted by atomic mass is 79.9. The number of halogens is 5. The van der Waals surface area contributed by atoms with Gasteiger partial charge in [0.25, 0.3) is 0 Å². The van der Waals surface area contributed by atoms with Crippen LogP contribution in [0.3, 0.4) is 0 Å². The van der Waals surface area contributed by atoms with Gasteiger partial charge in [0.15, 0.2) is 11.5 Å². The van der Waals surface area contributed by atoms with E-state index in [4.69, 9.17) is 44.3 Å². The molecule has 0 fully saturated rings. The fourth-order valence-corrected chi connectivity index (χ4v) is 4.22. The van der Waals surface area contributed by atoms with Crippen molar-refractivity contribution in [3.8, 4) is 11.5 Å². The normalized spacial score (nSPS) is 10.5. The van der Waals surface area contributed by atoms with Gasteiger partial charge in [0.2, 0.25) is 0 Å². The van der Waals surface area contributed by atoms with Gasteiger partial charge in [0, 0.05) is 27.2 Å². The van der Waals surface area contributed by atoms with E-state index in [1.54, 1.807) is 12.1 Å². The van der Waals surface area contributed by atoms with Gasteiger partial charge in [-0.15, -0.1) is 12.4 Å². The molecule has 0 unspecified atom stereocenters. The van der Waals surface area contributed by atoms with Gasteiger partial charge < -0.3 is 14.8 Å². The summed E-state index contributed by atoms with van der Waals surface area (Å²) in [6.45, 7) is 4.38. The van der Waals surface area contributed by atoms with E-state index in [1.807, 2.05) is 49.4 Å². The highest BCUT2D eigenvalue weighted by molar-refractivity contribution is 9.10. The molecule has 0 radical (unpaired) electrons. The Bertz CT molecular complexity index is 1020. The molecule has 0 aliphatic rings. The summed E-state index contributed by atoms with van der Waals surface area (Å²) in [5.41, 5.74) is 3.20. The summed E-state index contributed by atoms with van der Waals surface area (Å²) in [4.78, 5) is 0. The number of benzene rings is 3. The molecule has 172 valence electrons. The second-order valence-corrected chi connectivity index (χ2v) is 9.05. The maximum Gasteiger partial charge on any atom is 0.175 e. The van der Waals surface area contributed by atoms with E-state index >= 15 is 0 Å². The average Bonchev–Trinajstić information content (AvgIpc) is 2.73. The van der Waals surface area contributed by atoms with E-state index in [2.05, 4.69) is 21.2 Å². The lowest BCUT2D eigenvalue weighted by Gasteiger charge is -2.16. The Morgan fingerprint density at radius 3 is 2.28 bits per heavy atom. The number of nitrogens with one attached hydrogen (secondary N) is 1. The maximum absolute atomic E-state index is 6.26. The number of hydrogen-bond donors (Lipinski definition) is 1. The van der Waals surface area contributed by atoms with Crippen molar-refractivity contribution >= 4 is 63.1 Å². The Morgan fingerprint density at radius 2 is 1.59 bits per heavy atom. The molecule has 0 atom stereocenters. The zero-order valence-electron chi connectivity index (χ0n) is 17.5. The van der Waals surface area contributed by atoms with E-state index in [1.165, 1.54) is 5.56 Å². The second-order valence-electron chi connectivity index (χ2n) is 6.92. The first kappa shape index (κ1) is 27.1. The highest BCUT2D eigenvalue weighted by Crippen LogP contribution is 2.38. The minimum absolute atomic E-state index is 0. The molecule has 0 saturated heterocycles. The van der Waals surface area contributed by atoms with Crippen LogP contribution in [0.4, 0.5) is 0 Å². The predicted molar refractivity (Wildman–Crippen MR) is 140 cm³/mol.